The number of halogens is 1. The van der Waals surface area contributed by atoms with Crippen molar-refractivity contribution in [2.45, 2.75) is 19.3 Å². The normalized spacial score (nSPS) is 21.2. The molecule has 0 saturated heterocycles. The van der Waals surface area contributed by atoms with E-state index in [0.29, 0.717) is 30.5 Å². The second-order valence-corrected chi connectivity index (χ2v) is 5.75. The molecule has 2 N–H and O–H groups in total. The Morgan fingerprint density at radius 1 is 1.35 bits per heavy atom. The number of carboxylic acids is 1. The monoisotopic (exact) mass is 336 g/mol. The van der Waals surface area contributed by atoms with Gasteiger partial charge < -0.3 is 10.4 Å². The largest absolute Gasteiger partial charge is 0.481 e. The Balaban J connectivity index is 2.06. The van der Waals surface area contributed by atoms with E-state index in [2.05, 4.69) is 21.2 Å². The number of nitrogens with zero attached hydrogens (tertiary/aromatic N) is 1. The van der Waals surface area contributed by atoms with Crippen molar-refractivity contribution in [3.8, 4) is 6.07 Å². The van der Waals surface area contributed by atoms with Crippen molar-refractivity contribution in [2.24, 2.45) is 11.8 Å². The molecule has 0 heterocycles. The Labute approximate surface area is 124 Å². The fraction of sp³-hybridized carbons (Fsp3) is 0.357. The lowest BCUT2D eigenvalue weighted by atomic mass is 10.0. The third-order valence-corrected chi connectivity index (χ3v) is 4.01. The van der Waals surface area contributed by atoms with Gasteiger partial charge in [-0.2, -0.15) is 5.26 Å². The van der Waals surface area contributed by atoms with Crippen molar-refractivity contribution < 1.29 is 14.7 Å². The molecule has 2 atom stereocenters. The molecule has 1 saturated carbocycles. The molecule has 1 fully saturated rings. The van der Waals surface area contributed by atoms with Crippen LogP contribution in [0.1, 0.15) is 24.8 Å². The highest BCUT2D eigenvalue weighted by molar-refractivity contribution is 9.10. The van der Waals surface area contributed by atoms with E-state index in [-0.39, 0.29) is 11.8 Å². The summed E-state index contributed by atoms with van der Waals surface area (Å²) in [5.74, 6) is -1.80. The summed E-state index contributed by atoms with van der Waals surface area (Å²) < 4.78 is 0.763. The zero-order valence-corrected chi connectivity index (χ0v) is 12.2. The molecule has 1 aromatic carbocycles. The average molecular weight is 337 g/mol. The molecule has 6 heteroatoms. The molecule has 0 spiro atoms. The number of hydrogen-bond acceptors (Lipinski definition) is 3. The van der Waals surface area contributed by atoms with E-state index in [9.17, 15) is 9.59 Å². The van der Waals surface area contributed by atoms with Crippen LogP contribution in [-0.4, -0.2) is 17.0 Å². The van der Waals surface area contributed by atoms with E-state index in [1.54, 1.807) is 18.2 Å². The van der Waals surface area contributed by atoms with Crippen molar-refractivity contribution in [2.75, 3.05) is 5.32 Å². The lowest BCUT2D eigenvalue weighted by Crippen LogP contribution is -2.22. The molecule has 20 heavy (non-hydrogen) atoms. The molecule has 2 unspecified atom stereocenters. The number of anilines is 1. The Morgan fingerprint density at radius 3 is 2.65 bits per heavy atom. The maximum absolute atomic E-state index is 12.1. The SMILES string of the molecule is N#Cc1cc(Br)ccc1NC(=O)C1CCC(C(=O)O)C1. The molecule has 0 bridgehead atoms. The smallest absolute Gasteiger partial charge is 0.306 e. The first kappa shape index (κ1) is 14.5. The molecule has 0 aromatic heterocycles. The van der Waals surface area contributed by atoms with Gasteiger partial charge in [0.1, 0.15) is 6.07 Å². The number of benzene rings is 1. The number of aliphatic carboxylic acids is 1. The van der Waals surface area contributed by atoms with Crippen LogP contribution >= 0.6 is 15.9 Å². The number of carbonyl (C=O) groups is 2. The van der Waals surface area contributed by atoms with Gasteiger partial charge in [0, 0.05) is 10.4 Å². The summed E-state index contributed by atoms with van der Waals surface area (Å²) >= 11 is 3.26. The second-order valence-electron chi connectivity index (χ2n) is 4.84. The predicted octanol–water partition coefficient (Wildman–Crippen LogP) is 2.76. The Bertz CT molecular complexity index is 595. The Hall–Kier alpha value is -1.87. The zero-order chi connectivity index (χ0) is 14.7. The van der Waals surface area contributed by atoms with E-state index >= 15 is 0 Å². The van der Waals surface area contributed by atoms with Crippen LogP contribution in [0.15, 0.2) is 22.7 Å². The fourth-order valence-electron chi connectivity index (χ4n) is 2.40. The first-order chi connectivity index (χ1) is 9.51. The minimum absolute atomic E-state index is 0.215. The van der Waals surface area contributed by atoms with E-state index in [1.165, 1.54) is 0 Å². The van der Waals surface area contributed by atoms with Crippen molar-refractivity contribution in [1.82, 2.24) is 0 Å². The van der Waals surface area contributed by atoms with E-state index in [0.717, 1.165) is 4.47 Å². The van der Waals surface area contributed by atoms with E-state index in [4.69, 9.17) is 10.4 Å². The highest BCUT2D eigenvalue weighted by Crippen LogP contribution is 2.32. The molecule has 1 amide bonds. The summed E-state index contributed by atoms with van der Waals surface area (Å²) in [7, 11) is 0. The molecule has 5 nitrogen and oxygen atoms in total. The summed E-state index contributed by atoms with van der Waals surface area (Å²) in [6, 6.07) is 7.05. The molecule has 0 aliphatic heterocycles. The molecule has 1 aliphatic carbocycles. The van der Waals surface area contributed by atoms with Crippen LogP contribution in [0, 0.1) is 23.2 Å². The molecular weight excluding hydrogens is 324 g/mol. The molecular formula is C14H13BrN2O3. The van der Waals surface area contributed by atoms with Crippen molar-refractivity contribution in [3.05, 3.63) is 28.2 Å². The van der Waals surface area contributed by atoms with E-state index < -0.39 is 11.9 Å². The minimum atomic E-state index is -0.846. The Kier molecular flexibility index (Phi) is 4.40. The van der Waals surface area contributed by atoms with Crippen LogP contribution in [0.3, 0.4) is 0 Å². The summed E-state index contributed by atoms with van der Waals surface area (Å²) in [6.45, 7) is 0. The highest BCUT2D eigenvalue weighted by Gasteiger charge is 2.33. The first-order valence-corrected chi connectivity index (χ1v) is 7.04. The lowest BCUT2D eigenvalue weighted by molar-refractivity contribution is -0.141. The van der Waals surface area contributed by atoms with Gasteiger partial charge in [0.25, 0.3) is 0 Å². The third kappa shape index (κ3) is 3.17. The number of carbonyl (C=O) groups excluding carboxylic acids is 1. The summed E-state index contributed by atoms with van der Waals surface area (Å²) in [6.07, 6.45) is 1.46. The summed E-state index contributed by atoms with van der Waals surface area (Å²) in [4.78, 5) is 23.0. The Morgan fingerprint density at radius 2 is 2.05 bits per heavy atom. The predicted molar refractivity (Wildman–Crippen MR) is 76.0 cm³/mol. The number of nitrogens with one attached hydrogen (secondary N) is 1. The van der Waals surface area contributed by atoms with Crippen molar-refractivity contribution >= 4 is 33.5 Å². The van der Waals surface area contributed by atoms with Gasteiger partial charge >= 0.3 is 5.97 Å². The van der Waals surface area contributed by atoms with Crippen LogP contribution < -0.4 is 5.32 Å². The zero-order valence-electron chi connectivity index (χ0n) is 10.6. The highest BCUT2D eigenvalue weighted by atomic mass is 79.9. The molecule has 2 rings (SSSR count). The molecule has 1 aliphatic rings. The fourth-order valence-corrected chi connectivity index (χ4v) is 2.76. The summed E-state index contributed by atoms with van der Waals surface area (Å²) in [5.41, 5.74) is 0.833. The van der Waals surface area contributed by atoms with Crippen LogP contribution in [-0.2, 0) is 9.59 Å². The second kappa shape index (κ2) is 6.06. The molecule has 1 aromatic rings. The van der Waals surface area contributed by atoms with Gasteiger partial charge in [-0.05, 0) is 37.5 Å². The van der Waals surface area contributed by atoms with Crippen LogP contribution in [0.2, 0.25) is 0 Å². The van der Waals surface area contributed by atoms with E-state index in [1.807, 2.05) is 6.07 Å². The van der Waals surface area contributed by atoms with Gasteiger partial charge in [-0.3, -0.25) is 9.59 Å². The van der Waals surface area contributed by atoms with Crippen LogP contribution in [0.5, 0.6) is 0 Å². The average Bonchev–Trinajstić information content (AvgIpc) is 2.90. The number of rotatable bonds is 3. The molecule has 104 valence electrons. The van der Waals surface area contributed by atoms with Crippen molar-refractivity contribution in [3.63, 3.8) is 0 Å². The van der Waals surface area contributed by atoms with Gasteiger partial charge in [-0.1, -0.05) is 15.9 Å². The van der Waals surface area contributed by atoms with Gasteiger partial charge in [-0.25, -0.2) is 0 Å². The standard InChI is InChI=1S/C14H13BrN2O3/c15-11-3-4-12(10(6-11)7-16)17-13(18)8-1-2-9(5-8)14(19)20/h3-4,6,8-9H,1-2,5H2,(H,17,18)(H,19,20). The maximum Gasteiger partial charge on any atom is 0.306 e. The number of nitriles is 1. The topological polar surface area (TPSA) is 90.2 Å². The maximum atomic E-state index is 12.1. The first-order valence-electron chi connectivity index (χ1n) is 6.24. The van der Waals surface area contributed by atoms with Crippen molar-refractivity contribution in [1.29, 1.82) is 5.26 Å². The number of carboxylic acid groups (broad SMARTS) is 1. The molecule has 0 radical (unpaired) electrons. The van der Waals surface area contributed by atoms with Crippen LogP contribution in [0.4, 0.5) is 5.69 Å². The lowest BCUT2D eigenvalue weighted by Gasteiger charge is -2.12. The quantitative estimate of drug-likeness (QED) is 0.887. The third-order valence-electron chi connectivity index (χ3n) is 3.51. The minimum Gasteiger partial charge on any atom is -0.481 e. The number of hydrogen-bond donors (Lipinski definition) is 2. The van der Waals surface area contributed by atoms with Gasteiger partial charge in [0.05, 0.1) is 17.2 Å². The van der Waals surface area contributed by atoms with Gasteiger partial charge in [0.2, 0.25) is 5.91 Å². The van der Waals surface area contributed by atoms with Gasteiger partial charge in [0.15, 0.2) is 0 Å². The van der Waals surface area contributed by atoms with Gasteiger partial charge in [-0.15, -0.1) is 0 Å². The van der Waals surface area contributed by atoms with Crippen LogP contribution in [0.25, 0.3) is 0 Å². The summed E-state index contributed by atoms with van der Waals surface area (Å²) in [5, 5.41) is 20.7. The number of amides is 1.